The van der Waals surface area contributed by atoms with Crippen LogP contribution in [0.4, 0.5) is 0 Å². The summed E-state index contributed by atoms with van der Waals surface area (Å²) in [7, 11) is 0. The van der Waals surface area contributed by atoms with E-state index in [-0.39, 0.29) is 0 Å². The average Bonchev–Trinajstić information content (AvgIpc) is 2.42. The Labute approximate surface area is 129 Å². The second-order valence-electron chi connectivity index (χ2n) is 4.81. The molecule has 1 aromatic rings. The normalized spacial score (nSPS) is 24.7. The van der Waals surface area contributed by atoms with Gasteiger partial charge in [-0.1, -0.05) is 48.7 Å². The number of likely N-dealkylation sites (N-methyl/N-ethyl adjacent to an activating group) is 1. The van der Waals surface area contributed by atoms with Crippen LogP contribution in [0.1, 0.15) is 25.8 Å². The van der Waals surface area contributed by atoms with Crippen LogP contribution in [0.3, 0.4) is 0 Å². The Bertz CT molecular complexity index is 466. The first-order chi connectivity index (χ1) is 9.02. The van der Waals surface area contributed by atoms with Crippen molar-refractivity contribution in [1.29, 1.82) is 0 Å². The lowest BCUT2D eigenvalue weighted by atomic mass is 9.89. The molecular formula is C14H18Cl3NO. The van der Waals surface area contributed by atoms with E-state index in [1.54, 1.807) is 6.07 Å². The van der Waals surface area contributed by atoms with Crippen LogP contribution in [-0.4, -0.2) is 31.1 Å². The van der Waals surface area contributed by atoms with Gasteiger partial charge in [-0.15, -0.1) is 0 Å². The maximum absolute atomic E-state index is 6.37. The van der Waals surface area contributed by atoms with E-state index in [1.807, 2.05) is 6.07 Å². The molecule has 0 radical (unpaired) electrons. The summed E-state index contributed by atoms with van der Waals surface area (Å²) >= 11 is 18.6. The second-order valence-corrected chi connectivity index (χ2v) is 6.04. The Morgan fingerprint density at radius 1 is 1.26 bits per heavy atom. The SMILES string of the molecule is CCN1CCO[C@@](CC)(c2cc(Cl)cc(Cl)c2Cl)C1. The molecule has 1 aliphatic heterocycles. The van der Waals surface area contributed by atoms with E-state index < -0.39 is 5.60 Å². The molecule has 0 aliphatic carbocycles. The summed E-state index contributed by atoms with van der Waals surface area (Å²) in [6, 6.07) is 3.54. The number of halogens is 3. The zero-order valence-electron chi connectivity index (χ0n) is 11.2. The van der Waals surface area contributed by atoms with E-state index >= 15 is 0 Å². The van der Waals surface area contributed by atoms with E-state index in [0.717, 1.165) is 31.6 Å². The van der Waals surface area contributed by atoms with E-state index in [0.29, 0.717) is 21.7 Å². The van der Waals surface area contributed by atoms with E-state index in [2.05, 4.69) is 18.7 Å². The summed E-state index contributed by atoms with van der Waals surface area (Å²) in [5.74, 6) is 0. The third-order valence-corrected chi connectivity index (χ3v) is 4.79. The molecule has 1 atom stereocenters. The predicted molar refractivity (Wildman–Crippen MR) is 81.5 cm³/mol. The van der Waals surface area contributed by atoms with Gasteiger partial charge in [0.05, 0.1) is 16.7 Å². The third kappa shape index (κ3) is 3.03. The molecule has 5 heteroatoms. The van der Waals surface area contributed by atoms with Gasteiger partial charge in [0, 0.05) is 23.7 Å². The Hall–Kier alpha value is 0.01000. The van der Waals surface area contributed by atoms with Crippen molar-refractivity contribution in [3.05, 3.63) is 32.8 Å². The fourth-order valence-corrected chi connectivity index (χ4v) is 3.36. The first-order valence-corrected chi connectivity index (χ1v) is 7.67. The van der Waals surface area contributed by atoms with Crippen molar-refractivity contribution in [3.63, 3.8) is 0 Å². The highest BCUT2D eigenvalue weighted by molar-refractivity contribution is 6.43. The summed E-state index contributed by atoms with van der Waals surface area (Å²) in [5.41, 5.74) is 0.479. The molecule has 2 nitrogen and oxygen atoms in total. The number of ether oxygens (including phenoxy) is 1. The molecule has 1 fully saturated rings. The molecule has 0 bridgehead atoms. The highest BCUT2D eigenvalue weighted by Crippen LogP contribution is 2.41. The number of hydrogen-bond acceptors (Lipinski definition) is 2. The Balaban J connectivity index is 2.46. The molecule has 0 unspecified atom stereocenters. The lowest BCUT2D eigenvalue weighted by Crippen LogP contribution is -2.49. The van der Waals surface area contributed by atoms with Crippen molar-refractivity contribution in [2.45, 2.75) is 25.9 Å². The van der Waals surface area contributed by atoms with E-state index in [4.69, 9.17) is 39.5 Å². The topological polar surface area (TPSA) is 12.5 Å². The fraction of sp³-hybridized carbons (Fsp3) is 0.571. The van der Waals surface area contributed by atoms with Crippen LogP contribution in [0.2, 0.25) is 15.1 Å². The summed E-state index contributed by atoms with van der Waals surface area (Å²) in [6.45, 7) is 7.71. The van der Waals surface area contributed by atoms with Crippen LogP contribution < -0.4 is 0 Å². The molecule has 106 valence electrons. The zero-order valence-corrected chi connectivity index (χ0v) is 13.4. The zero-order chi connectivity index (χ0) is 14.0. The lowest BCUT2D eigenvalue weighted by Gasteiger charge is -2.43. The molecule has 0 spiro atoms. The maximum atomic E-state index is 6.37. The van der Waals surface area contributed by atoms with E-state index in [9.17, 15) is 0 Å². The molecule has 0 amide bonds. The Kier molecular flexibility index (Phi) is 5.02. The second kappa shape index (κ2) is 6.19. The van der Waals surface area contributed by atoms with Gasteiger partial charge in [-0.3, -0.25) is 4.90 Å². The highest BCUT2D eigenvalue weighted by atomic mass is 35.5. The van der Waals surface area contributed by atoms with Crippen LogP contribution in [0.25, 0.3) is 0 Å². The first-order valence-electron chi connectivity index (χ1n) is 6.53. The van der Waals surface area contributed by atoms with Crippen LogP contribution >= 0.6 is 34.8 Å². The minimum atomic E-state index is -0.417. The highest BCUT2D eigenvalue weighted by Gasteiger charge is 2.38. The number of morpholine rings is 1. The summed E-state index contributed by atoms with van der Waals surface area (Å²) < 4.78 is 6.08. The molecule has 1 aliphatic rings. The van der Waals surface area contributed by atoms with Crippen molar-refractivity contribution in [1.82, 2.24) is 4.90 Å². The number of hydrogen-bond donors (Lipinski definition) is 0. The first kappa shape index (κ1) is 15.4. The fourth-order valence-electron chi connectivity index (χ4n) is 2.58. The largest absolute Gasteiger partial charge is 0.368 e. The molecule has 1 saturated heterocycles. The predicted octanol–water partition coefficient (Wildman–Crippen LogP) is 4.60. The number of nitrogens with zero attached hydrogens (tertiary/aromatic N) is 1. The number of benzene rings is 1. The molecule has 1 aromatic carbocycles. The Morgan fingerprint density at radius 2 is 2.00 bits per heavy atom. The van der Waals surface area contributed by atoms with Gasteiger partial charge in [-0.05, 0) is 25.1 Å². The molecule has 0 saturated carbocycles. The monoisotopic (exact) mass is 321 g/mol. The summed E-state index contributed by atoms with van der Waals surface area (Å²) in [4.78, 5) is 2.36. The van der Waals surface area contributed by atoms with Gasteiger partial charge in [0.15, 0.2) is 0 Å². The van der Waals surface area contributed by atoms with Crippen molar-refractivity contribution in [3.8, 4) is 0 Å². The Morgan fingerprint density at radius 3 is 2.63 bits per heavy atom. The average molecular weight is 323 g/mol. The van der Waals surface area contributed by atoms with Crippen LogP contribution in [0.5, 0.6) is 0 Å². The van der Waals surface area contributed by atoms with Gasteiger partial charge in [0.1, 0.15) is 5.60 Å². The third-order valence-electron chi connectivity index (χ3n) is 3.77. The van der Waals surface area contributed by atoms with Crippen LogP contribution in [0.15, 0.2) is 12.1 Å². The molecular weight excluding hydrogens is 305 g/mol. The summed E-state index contributed by atoms with van der Waals surface area (Å²) in [5, 5.41) is 1.62. The van der Waals surface area contributed by atoms with Crippen LogP contribution in [0, 0.1) is 0 Å². The van der Waals surface area contributed by atoms with Crippen molar-refractivity contribution in [2.24, 2.45) is 0 Å². The molecule has 19 heavy (non-hydrogen) atoms. The van der Waals surface area contributed by atoms with Gasteiger partial charge in [-0.2, -0.15) is 0 Å². The molecule has 0 aromatic heterocycles. The quantitative estimate of drug-likeness (QED) is 0.754. The van der Waals surface area contributed by atoms with Gasteiger partial charge in [-0.25, -0.2) is 0 Å². The van der Waals surface area contributed by atoms with Crippen LogP contribution in [-0.2, 0) is 10.3 Å². The summed E-state index contributed by atoms with van der Waals surface area (Å²) in [6.07, 6.45) is 0.833. The molecule has 2 rings (SSSR count). The smallest absolute Gasteiger partial charge is 0.107 e. The minimum absolute atomic E-state index is 0.417. The molecule has 1 heterocycles. The van der Waals surface area contributed by atoms with Crippen molar-refractivity contribution in [2.75, 3.05) is 26.2 Å². The maximum Gasteiger partial charge on any atom is 0.107 e. The van der Waals surface area contributed by atoms with Gasteiger partial charge < -0.3 is 4.74 Å². The van der Waals surface area contributed by atoms with Crippen molar-refractivity contribution < 1.29 is 4.74 Å². The van der Waals surface area contributed by atoms with Gasteiger partial charge >= 0.3 is 0 Å². The molecule has 0 N–H and O–H groups in total. The van der Waals surface area contributed by atoms with Gasteiger partial charge in [0.2, 0.25) is 0 Å². The number of rotatable bonds is 3. The van der Waals surface area contributed by atoms with Crippen molar-refractivity contribution >= 4 is 34.8 Å². The van der Waals surface area contributed by atoms with Gasteiger partial charge in [0.25, 0.3) is 0 Å². The van der Waals surface area contributed by atoms with E-state index in [1.165, 1.54) is 0 Å². The minimum Gasteiger partial charge on any atom is -0.368 e. The lowest BCUT2D eigenvalue weighted by molar-refractivity contribution is -0.116. The standard InChI is InChI=1S/C14H18Cl3NO/c1-3-14(9-18(4-2)5-6-19-14)11-7-10(15)8-12(16)13(11)17/h7-8H,3-6,9H2,1-2H3/t14-/m1/s1.